The normalized spacial score (nSPS) is 16.8. The van der Waals surface area contributed by atoms with Crippen LogP contribution in [0.5, 0.6) is 0 Å². The highest BCUT2D eigenvalue weighted by atomic mass is 32.1. The second-order valence-electron chi connectivity index (χ2n) is 4.93. The van der Waals surface area contributed by atoms with Crippen LogP contribution in [0.1, 0.15) is 11.3 Å². The lowest BCUT2D eigenvalue weighted by molar-refractivity contribution is -0.165. The van der Waals surface area contributed by atoms with Crippen LogP contribution in [0.15, 0.2) is 28.6 Å². The molecule has 0 fully saturated rings. The van der Waals surface area contributed by atoms with Crippen LogP contribution in [-0.4, -0.2) is 75.4 Å². The van der Waals surface area contributed by atoms with E-state index in [1.165, 1.54) is 11.3 Å². The predicted octanol–water partition coefficient (Wildman–Crippen LogP) is 0.373. The maximum absolute atomic E-state index is 9.77. The first-order valence-electron chi connectivity index (χ1n) is 7.12. The lowest BCUT2D eigenvalue weighted by Crippen LogP contribution is -2.39. The molecular formula is C15H20N2O6S. The molecular weight excluding hydrogens is 336 g/mol. The molecule has 2 unspecified atom stereocenters. The van der Waals surface area contributed by atoms with Gasteiger partial charge in [0.25, 0.3) is 0 Å². The van der Waals surface area contributed by atoms with Crippen molar-refractivity contribution in [2.24, 2.45) is 4.99 Å². The monoisotopic (exact) mass is 356 g/mol. The summed E-state index contributed by atoms with van der Waals surface area (Å²) < 4.78 is 0. The van der Waals surface area contributed by atoms with Crippen LogP contribution in [0.2, 0.25) is 0 Å². The van der Waals surface area contributed by atoms with Crippen LogP contribution in [0.25, 0.3) is 6.08 Å². The number of aliphatic imine (C=N–C) groups is 1. The van der Waals surface area contributed by atoms with Crippen molar-refractivity contribution < 1.29 is 30.0 Å². The molecule has 132 valence electrons. The van der Waals surface area contributed by atoms with E-state index >= 15 is 0 Å². The van der Waals surface area contributed by atoms with Crippen molar-refractivity contribution >= 4 is 35.2 Å². The lowest BCUT2D eigenvalue weighted by Gasteiger charge is -2.22. The van der Waals surface area contributed by atoms with Gasteiger partial charge in [-0.15, -0.1) is 11.3 Å². The highest BCUT2D eigenvalue weighted by Crippen LogP contribution is 2.11. The van der Waals surface area contributed by atoms with Gasteiger partial charge in [-0.3, -0.25) is 4.99 Å². The molecule has 4 N–H and O–H groups in total. The van der Waals surface area contributed by atoms with Crippen molar-refractivity contribution in [1.29, 1.82) is 0 Å². The molecule has 0 bridgehead atoms. The molecule has 24 heavy (non-hydrogen) atoms. The SMILES string of the molecule is CN1CCCN=C1/C=C\c1cccs1.O=C(O)C(O)C(O)C(=O)O. The molecule has 8 nitrogen and oxygen atoms in total. The van der Waals surface area contributed by atoms with Gasteiger partial charge < -0.3 is 25.3 Å². The zero-order valence-corrected chi connectivity index (χ0v) is 13.9. The van der Waals surface area contributed by atoms with Crippen LogP contribution < -0.4 is 0 Å². The van der Waals surface area contributed by atoms with Gasteiger partial charge in [0.1, 0.15) is 5.84 Å². The second-order valence-corrected chi connectivity index (χ2v) is 5.91. The first kappa shape index (κ1) is 19.8. The Morgan fingerprint density at radius 1 is 1.25 bits per heavy atom. The average Bonchev–Trinajstić information content (AvgIpc) is 3.06. The minimum atomic E-state index is -2.27. The van der Waals surface area contributed by atoms with Gasteiger partial charge in [0.15, 0.2) is 12.2 Å². The third-order valence-corrected chi connectivity index (χ3v) is 3.90. The van der Waals surface area contributed by atoms with Crippen LogP contribution in [-0.2, 0) is 9.59 Å². The second kappa shape index (κ2) is 9.81. The standard InChI is InChI=1S/C11H14N2S.C4H6O6/c1-13-8-3-7-12-11(13)6-5-10-4-2-9-14-10;5-1(3(7)8)2(6)4(9)10/h2,4-6,9H,3,7-8H2,1H3;1-2,5-6H,(H,7,8)(H,9,10)/b6-5-;. The largest absolute Gasteiger partial charge is 0.479 e. The minimum absolute atomic E-state index is 0.967. The average molecular weight is 356 g/mol. The quantitative estimate of drug-likeness (QED) is 0.599. The molecule has 1 aliphatic rings. The number of aliphatic hydroxyl groups is 2. The Bertz CT molecular complexity index is 581. The maximum atomic E-state index is 9.77. The van der Waals surface area contributed by atoms with E-state index in [1.807, 2.05) is 0 Å². The Balaban J connectivity index is 0.000000257. The molecule has 1 aromatic heterocycles. The Hall–Kier alpha value is -2.23. The van der Waals surface area contributed by atoms with Gasteiger partial charge in [-0.2, -0.15) is 0 Å². The number of rotatable bonds is 5. The predicted molar refractivity (Wildman–Crippen MR) is 90.2 cm³/mol. The van der Waals surface area contributed by atoms with Crippen molar-refractivity contribution in [3.05, 3.63) is 28.5 Å². The molecule has 0 amide bonds. The van der Waals surface area contributed by atoms with E-state index < -0.39 is 24.1 Å². The fourth-order valence-electron chi connectivity index (χ4n) is 1.73. The van der Waals surface area contributed by atoms with E-state index in [0.29, 0.717) is 0 Å². The number of carbonyl (C=O) groups is 2. The molecule has 2 atom stereocenters. The van der Waals surface area contributed by atoms with E-state index in [4.69, 9.17) is 20.4 Å². The molecule has 0 saturated heterocycles. The molecule has 2 rings (SSSR count). The molecule has 1 aliphatic heterocycles. The van der Waals surface area contributed by atoms with Crippen LogP contribution in [0.4, 0.5) is 0 Å². The summed E-state index contributed by atoms with van der Waals surface area (Å²) in [6, 6.07) is 4.18. The summed E-state index contributed by atoms with van der Waals surface area (Å²) in [7, 11) is 2.09. The van der Waals surface area contributed by atoms with Gasteiger partial charge in [0.05, 0.1) is 0 Å². The molecule has 0 saturated carbocycles. The number of hydrogen-bond donors (Lipinski definition) is 4. The summed E-state index contributed by atoms with van der Waals surface area (Å²) >= 11 is 1.75. The van der Waals surface area contributed by atoms with Crippen LogP contribution in [0, 0.1) is 0 Å². The van der Waals surface area contributed by atoms with E-state index in [-0.39, 0.29) is 0 Å². The molecule has 0 aliphatic carbocycles. The summed E-state index contributed by atoms with van der Waals surface area (Å²) in [5, 5.41) is 34.6. The molecule has 0 radical (unpaired) electrons. The number of carboxylic acids is 2. The summed E-state index contributed by atoms with van der Waals surface area (Å²) in [5.74, 6) is -2.44. The number of carboxylic acid groups (broad SMARTS) is 2. The number of aliphatic carboxylic acids is 2. The van der Waals surface area contributed by atoms with E-state index in [0.717, 1.165) is 18.9 Å². The maximum Gasteiger partial charge on any atom is 0.335 e. The third kappa shape index (κ3) is 6.49. The number of likely N-dealkylation sites (N-methyl/N-ethyl adjacent to an activating group) is 1. The number of thiophene rings is 1. The van der Waals surface area contributed by atoms with Gasteiger partial charge >= 0.3 is 11.9 Å². The summed E-state index contributed by atoms with van der Waals surface area (Å²) in [4.78, 5) is 27.5. The van der Waals surface area contributed by atoms with Gasteiger partial charge in [0.2, 0.25) is 0 Å². The van der Waals surface area contributed by atoms with Gasteiger partial charge in [0, 0.05) is 25.0 Å². The van der Waals surface area contributed by atoms with E-state index in [1.54, 1.807) is 11.3 Å². The Kier molecular flexibility index (Phi) is 8.10. The molecule has 1 aromatic rings. The third-order valence-electron chi connectivity index (χ3n) is 3.06. The fraction of sp³-hybridized carbons (Fsp3) is 0.400. The van der Waals surface area contributed by atoms with Gasteiger partial charge in [-0.1, -0.05) is 6.07 Å². The van der Waals surface area contributed by atoms with Gasteiger partial charge in [-0.05, 0) is 30.0 Å². The number of hydrogen-bond acceptors (Lipinski definition) is 7. The van der Waals surface area contributed by atoms with Crippen molar-refractivity contribution in [3.63, 3.8) is 0 Å². The molecule has 0 spiro atoms. The zero-order valence-electron chi connectivity index (χ0n) is 13.1. The molecule has 0 aromatic carbocycles. The number of amidine groups is 1. The molecule has 2 heterocycles. The summed E-state index contributed by atoms with van der Waals surface area (Å²) in [6.07, 6.45) is 0.874. The lowest BCUT2D eigenvalue weighted by atomic mass is 10.2. The van der Waals surface area contributed by atoms with Crippen molar-refractivity contribution in [2.45, 2.75) is 18.6 Å². The van der Waals surface area contributed by atoms with Crippen LogP contribution in [0.3, 0.4) is 0 Å². The number of nitrogens with zero attached hydrogens (tertiary/aromatic N) is 2. The first-order chi connectivity index (χ1) is 11.3. The Morgan fingerprint density at radius 3 is 2.33 bits per heavy atom. The van der Waals surface area contributed by atoms with Crippen molar-refractivity contribution in [1.82, 2.24) is 4.90 Å². The van der Waals surface area contributed by atoms with Crippen molar-refractivity contribution in [3.8, 4) is 0 Å². The topological polar surface area (TPSA) is 131 Å². The van der Waals surface area contributed by atoms with Crippen molar-refractivity contribution in [2.75, 3.05) is 20.1 Å². The number of aliphatic hydroxyl groups excluding tert-OH is 2. The van der Waals surface area contributed by atoms with Gasteiger partial charge in [-0.25, -0.2) is 9.59 Å². The minimum Gasteiger partial charge on any atom is -0.479 e. The fourth-order valence-corrected chi connectivity index (χ4v) is 2.35. The molecule has 9 heteroatoms. The van der Waals surface area contributed by atoms with E-state index in [2.05, 4.69) is 46.6 Å². The highest BCUT2D eigenvalue weighted by molar-refractivity contribution is 7.10. The van der Waals surface area contributed by atoms with E-state index in [9.17, 15) is 9.59 Å². The summed E-state index contributed by atoms with van der Waals surface area (Å²) in [5.41, 5.74) is 0. The highest BCUT2D eigenvalue weighted by Gasteiger charge is 2.29. The zero-order chi connectivity index (χ0) is 18.1. The summed E-state index contributed by atoms with van der Waals surface area (Å²) in [6.45, 7) is 2.09. The Labute approximate surface area is 143 Å². The van der Waals surface area contributed by atoms with Crippen LogP contribution >= 0.6 is 11.3 Å². The Morgan fingerprint density at radius 2 is 1.88 bits per heavy atom. The first-order valence-corrected chi connectivity index (χ1v) is 7.99. The smallest absolute Gasteiger partial charge is 0.335 e.